The Morgan fingerprint density at radius 3 is 2.66 bits per heavy atom. The molecule has 9 nitrogen and oxygen atoms in total. The maximum absolute atomic E-state index is 5.56. The molecule has 0 radical (unpaired) electrons. The predicted octanol–water partition coefficient (Wildman–Crippen LogP) is 4.42. The van der Waals surface area contributed by atoms with Crippen molar-refractivity contribution in [2.45, 2.75) is 39.8 Å². The van der Waals surface area contributed by atoms with Gasteiger partial charge in [-0.25, -0.2) is 9.97 Å². The fourth-order valence-electron chi connectivity index (χ4n) is 4.45. The summed E-state index contributed by atoms with van der Waals surface area (Å²) in [5.41, 5.74) is 4.36. The molecule has 4 heterocycles. The first-order valence-electron chi connectivity index (χ1n) is 12.0. The number of fused-ring (bicyclic) bond motifs is 2. The van der Waals surface area contributed by atoms with Crippen molar-refractivity contribution in [2.24, 2.45) is 5.92 Å². The van der Waals surface area contributed by atoms with Crippen LogP contribution in [0, 0.1) is 5.92 Å². The number of anilines is 1. The van der Waals surface area contributed by atoms with Crippen LogP contribution in [0.2, 0.25) is 0 Å². The Bertz CT molecular complexity index is 1300. The van der Waals surface area contributed by atoms with Crippen LogP contribution in [0.4, 0.5) is 5.95 Å². The molecule has 0 spiro atoms. The highest BCUT2D eigenvalue weighted by Crippen LogP contribution is 2.33. The Morgan fingerprint density at radius 1 is 1.14 bits per heavy atom. The van der Waals surface area contributed by atoms with Gasteiger partial charge >= 0.3 is 0 Å². The Balaban J connectivity index is 1.43. The molecule has 4 aromatic rings. The number of methoxy groups -OCH3 is 2. The lowest BCUT2D eigenvalue weighted by molar-refractivity contribution is 0.244. The van der Waals surface area contributed by atoms with Crippen LogP contribution in [-0.2, 0) is 19.5 Å². The Morgan fingerprint density at radius 2 is 1.94 bits per heavy atom. The number of aromatic nitrogens is 4. The first kappa shape index (κ1) is 23.2. The summed E-state index contributed by atoms with van der Waals surface area (Å²) in [5, 5.41) is 8.15. The third-order valence-electron chi connectivity index (χ3n) is 6.38. The molecule has 1 aromatic carbocycles. The van der Waals surface area contributed by atoms with E-state index in [0.29, 0.717) is 30.0 Å². The minimum atomic E-state index is 0.553. The van der Waals surface area contributed by atoms with Crippen molar-refractivity contribution < 1.29 is 13.9 Å². The molecule has 35 heavy (non-hydrogen) atoms. The molecule has 1 N–H and O–H groups in total. The van der Waals surface area contributed by atoms with E-state index in [1.54, 1.807) is 25.0 Å². The smallest absolute Gasteiger partial charge is 0.225 e. The van der Waals surface area contributed by atoms with Gasteiger partial charge in [0, 0.05) is 37.9 Å². The highest BCUT2D eigenvalue weighted by Gasteiger charge is 2.22. The highest BCUT2D eigenvalue weighted by atomic mass is 16.5. The second-order valence-electron chi connectivity index (χ2n) is 9.30. The van der Waals surface area contributed by atoms with Crippen LogP contribution in [0.15, 0.2) is 41.1 Å². The van der Waals surface area contributed by atoms with Crippen molar-refractivity contribution in [1.29, 1.82) is 0 Å². The molecule has 0 bridgehead atoms. The first-order valence-corrected chi connectivity index (χ1v) is 12.0. The van der Waals surface area contributed by atoms with Gasteiger partial charge in [-0.1, -0.05) is 13.8 Å². The van der Waals surface area contributed by atoms with Gasteiger partial charge < -0.3 is 19.2 Å². The molecule has 0 amide bonds. The Labute approximate surface area is 205 Å². The minimum absolute atomic E-state index is 0.553. The molecule has 3 aromatic heterocycles. The van der Waals surface area contributed by atoms with Crippen LogP contribution < -0.4 is 14.8 Å². The van der Waals surface area contributed by atoms with E-state index in [1.165, 1.54) is 11.1 Å². The zero-order chi connectivity index (χ0) is 24.4. The average molecular weight is 477 g/mol. The summed E-state index contributed by atoms with van der Waals surface area (Å²) in [5.74, 6) is 4.02. The summed E-state index contributed by atoms with van der Waals surface area (Å²) in [4.78, 5) is 11.9. The topological polar surface area (TPSA) is 90.0 Å². The van der Waals surface area contributed by atoms with Crippen LogP contribution in [0.25, 0.3) is 17.2 Å². The summed E-state index contributed by atoms with van der Waals surface area (Å²) < 4.78 is 18.4. The maximum atomic E-state index is 5.56. The summed E-state index contributed by atoms with van der Waals surface area (Å²) >= 11 is 0. The largest absolute Gasteiger partial charge is 0.493 e. The van der Waals surface area contributed by atoms with Crippen molar-refractivity contribution in [2.75, 3.05) is 32.6 Å². The fourth-order valence-corrected chi connectivity index (χ4v) is 4.45. The lowest BCUT2D eigenvalue weighted by Crippen LogP contribution is -2.30. The van der Waals surface area contributed by atoms with Crippen molar-refractivity contribution >= 4 is 11.6 Å². The van der Waals surface area contributed by atoms with Crippen LogP contribution in [-0.4, -0.2) is 51.8 Å². The third kappa shape index (κ3) is 4.81. The van der Waals surface area contributed by atoms with E-state index in [9.17, 15) is 0 Å². The molecule has 0 aliphatic carbocycles. The summed E-state index contributed by atoms with van der Waals surface area (Å²) in [6.07, 6.45) is 5.54. The van der Waals surface area contributed by atoms with Crippen molar-refractivity contribution in [3.05, 3.63) is 53.4 Å². The van der Waals surface area contributed by atoms with Gasteiger partial charge in [0.05, 0.1) is 20.5 Å². The van der Waals surface area contributed by atoms with Crippen LogP contribution >= 0.6 is 0 Å². The van der Waals surface area contributed by atoms with Crippen LogP contribution in [0.5, 0.6) is 11.5 Å². The van der Waals surface area contributed by atoms with E-state index in [1.807, 2.05) is 18.3 Å². The number of ether oxygens (including phenoxy) is 2. The molecule has 0 unspecified atom stereocenters. The number of nitrogens with one attached hydrogen (secondary N) is 1. The fraction of sp³-hybridized carbons (Fsp3) is 0.423. The van der Waals surface area contributed by atoms with Crippen molar-refractivity contribution in [3.8, 4) is 23.1 Å². The van der Waals surface area contributed by atoms with Gasteiger partial charge in [-0.15, -0.1) is 5.10 Å². The van der Waals surface area contributed by atoms with Crippen molar-refractivity contribution in [1.82, 2.24) is 24.5 Å². The number of hydrogen-bond donors (Lipinski definition) is 1. The normalized spacial score (nSPS) is 13.9. The average Bonchev–Trinajstić information content (AvgIpc) is 3.54. The second kappa shape index (κ2) is 9.95. The van der Waals surface area contributed by atoms with Gasteiger partial charge in [0.25, 0.3) is 0 Å². The van der Waals surface area contributed by atoms with E-state index in [2.05, 4.69) is 36.2 Å². The SMILES string of the molecule is COc1cc2c(cc1OC)CN(Cc1cnc(NCCC(C)C)n3nc(-c4ccco4)nc13)CC2. The molecular formula is C26H32N6O3. The van der Waals surface area contributed by atoms with Gasteiger partial charge in [-0.2, -0.15) is 4.52 Å². The van der Waals surface area contributed by atoms with E-state index < -0.39 is 0 Å². The summed E-state index contributed by atoms with van der Waals surface area (Å²) in [7, 11) is 3.35. The van der Waals surface area contributed by atoms with Crippen LogP contribution in [0.3, 0.4) is 0 Å². The Hall–Kier alpha value is -3.59. The number of rotatable bonds is 9. The van der Waals surface area contributed by atoms with Gasteiger partial charge in [0.2, 0.25) is 11.8 Å². The number of hydrogen-bond acceptors (Lipinski definition) is 8. The van der Waals surface area contributed by atoms with E-state index in [-0.39, 0.29) is 0 Å². The molecule has 1 aliphatic rings. The lowest BCUT2D eigenvalue weighted by Gasteiger charge is -2.29. The zero-order valence-electron chi connectivity index (χ0n) is 20.7. The lowest BCUT2D eigenvalue weighted by atomic mass is 9.98. The molecule has 1 aliphatic heterocycles. The molecule has 0 saturated heterocycles. The van der Waals surface area contributed by atoms with Gasteiger partial charge in [0.1, 0.15) is 0 Å². The molecular weight excluding hydrogens is 444 g/mol. The molecule has 9 heteroatoms. The standard InChI is InChI=1S/C26H32N6O3/c1-17(2)7-9-27-26-28-14-20(25-29-24(30-32(25)26)21-6-5-11-35-21)16-31-10-8-18-12-22(33-3)23(34-4)13-19(18)15-31/h5-6,11-14,17H,7-10,15-16H2,1-4H3,(H,27,28). The second-order valence-corrected chi connectivity index (χ2v) is 9.30. The zero-order valence-corrected chi connectivity index (χ0v) is 20.7. The van der Waals surface area contributed by atoms with Gasteiger partial charge in [-0.05, 0) is 54.2 Å². The van der Waals surface area contributed by atoms with E-state index in [0.717, 1.165) is 55.2 Å². The van der Waals surface area contributed by atoms with E-state index >= 15 is 0 Å². The number of benzene rings is 1. The van der Waals surface area contributed by atoms with E-state index in [4.69, 9.17) is 29.0 Å². The number of furan rings is 1. The van der Waals surface area contributed by atoms with Crippen LogP contribution in [0.1, 0.15) is 37.0 Å². The Kier molecular flexibility index (Phi) is 6.59. The molecule has 184 valence electrons. The predicted molar refractivity (Wildman–Crippen MR) is 134 cm³/mol. The maximum Gasteiger partial charge on any atom is 0.225 e. The third-order valence-corrected chi connectivity index (χ3v) is 6.38. The van der Waals surface area contributed by atoms with Gasteiger partial charge in [-0.3, -0.25) is 4.90 Å². The number of nitrogens with zero attached hydrogens (tertiary/aromatic N) is 5. The molecule has 0 fully saturated rings. The molecule has 5 rings (SSSR count). The molecule has 0 saturated carbocycles. The highest BCUT2D eigenvalue weighted by molar-refractivity contribution is 5.58. The minimum Gasteiger partial charge on any atom is -0.493 e. The van der Waals surface area contributed by atoms with Gasteiger partial charge in [0.15, 0.2) is 22.9 Å². The summed E-state index contributed by atoms with van der Waals surface area (Å²) in [6, 6.07) is 7.90. The van der Waals surface area contributed by atoms with Crippen molar-refractivity contribution in [3.63, 3.8) is 0 Å². The molecule has 0 atom stereocenters. The quantitative estimate of drug-likeness (QED) is 0.380. The first-order chi connectivity index (χ1) is 17.1. The monoisotopic (exact) mass is 476 g/mol. The summed E-state index contributed by atoms with van der Waals surface area (Å²) in [6.45, 7) is 7.70.